The third-order valence-electron chi connectivity index (χ3n) is 3.00. The summed E-state index contributed by atoms with van der Waals surface area (Å²) < 4.78 is 0. The Morgan fingerprint density at radius 2 is 1.65 bits per heavy atom. The minimum Gasteiger partial charge on any atom is -0.103 e. The molecule has 0 heterocycles. The van der Waals surface area contributed by atoms with Crippen LogP contribution >= 0.6 is 11.8 Å². The molecule has 0 aliphatic carbocycles. The van der Waals surface area contributed by atoms with Gasteiger partial charge in [-0.1, -0.05) is 67.4 Å². The van der Waals surface area contributed by atoms with E-state index in [1.165, 1.54) is 28.2 Å². The summed E-state index contributed by atoms with van der Waals surface area (Å²) >= 11 is 1.81. The maximum absolute atomic E-state index is 3.30. The van der Waals surface area contributed by atoms with Gasteiger partial charge in [-0.25, -0.2) is 0 Å². The van der Waals surface area contributed by atoms with Crippen molar-refractivity contribution in [3.8, 4) is 11.8 Å². The fraction of sp³-hybridized carbons (Fsp3) is 0.263. The lowest BCUT2D eigenvalue weighted by Gasteiger charge is -2.06. The molecule has 2 rings (SSSR count). The molecule has 2 aromatic rings. The van der Waals surface area contributed by atoms with Crippen LogP contribution < -0.4 is 0 Å². The molecule has 0 unspecified atom stereocenters. The molecule has 0 aliphatic rings. The first kappa shape index (κ1) is 14.8. The van der Waals surface area contributed by atoms with Gasteiger partial charge in [0.25, 0.3) is 0 Å². The summed E-state index contributed by atoms with van der Waals surface area (Å²) in [5.74, 6) is 6.57. The summed E-state index contributed by atoms with van der Waals surface area (Å²) in [6.45, 7) is 2.20. The van der Waals surface area contributed by atoms with Crippen LogP contribution in [0.3, 0.4) is 0 Å². The van der Waals surface area contributed by atoms with E-state index in [1.54, 1.807) is 0 Å². The first-order valence-electron chi connectivity index (χ1n) is 7.16. The molecule has 20 heavy (non-hydrogen) atoms. The molecule has 0 amide bonds. The Bertz CT molecular complexity index is 575. The highest BCUT2D eigenvalue weighted by molar-refractivity contribution is 7.99. The second-order valence-electron chi connectivity index (χ2n) is 4.66. The van der Waals surface area contributed by atoms with Crippen molar-refractivity contribution in [2.45, 2.75) is 42.4 Å². The first-order valence-corrected chi connectivity index (χ1v) is 7.98. The molecular weight excluding hydrogens is 260 g/mol. The lowest BCUT2D eigenvalue weighted by molar-refractivity contribution is 0.827. The molecule has 0 saturated carbocycles. The Morgan fingerprint density at radius 1 is 0.900 bits per heavy atom. The fourth-order valence-corrected chi connectivity index (χ4v) is 2.84. The van der Waals surface area contributed by atoms with Crippen LogP contribution in [0.1, 0.15) is 31.7 Å². The highest BCUT2D eigenvalue weighted by atomic mass is 32.2. The van der Waals surface area contributed by atoms with Crippen LogP contribution in [0.2, 0.25) is 0 Å². The minimum absolute atomic E-state index is 0.847. The number of hydrogen-bond acceptors (Lipinski definition) is 1. The van der Waals surface area contributed by atoms with Crippen molar-refractivity contribution in [3.63, 3.8) is 0 Å². The summed E-state index contributed by atoms with van der Waals surface area (Å²) in [4.78, 5) is 2.59. The lowest BCUT2D eigenvalue weighted by Crippen LogP contribution is -1.86. The molecule has 0 spiro atoms. The molecule has 0 bridgehead atoms. The predicted octanol–water partition coefficient (Wildman–Crippen LogP) is 5.57. The molecule has 0 radical (unpaired) electrons. The quantitative estimate of drug-likeness (QED) is 0.509. The molecule has 0 saturated heterocycles. The Balaban J connectivity index is 2.04. The van der Waals surface area contributed by atoms with Crippen LogP contribution in [-0.2, 0) is 6.42 Å². The number of benzene rings is 2. The topological polar surface area (TPSA) is 0 Å². The Morgan fingerprint density at radius 3 is 2.45 bits per heavy atom. The third kappa shape index (κ3) is 4.79. The molecule has 1 heteroatoms. The van der Waals surface area contributed by atoms with Gasteiger partial charge in [-0.15, -0.1) is 5.92 Å². The smallest absolute Gasteiger partial charge is 0.0351 e. The predicted molar refractivity (Wildman–Crippen MR) is 88.0 cm³/mol. The molecule has 0 aliphatic heterocycles. The van der Waals surface area contributed by atoms with Gasteiger partial charge < -0.3 is 0 Å². The van der Waals surface area contributed by atoms with Crippen molar-refractivity contribution in [1.29, 1.82) is 0 Å². The first-order chi connectivity index (χ1) is 9.90. The second kappa shape index (κ2) is 8.51. The van der Waals surface area contributed by atoms with E-state index in [2.05, 4.69) is 73.4 Å². The molecule has 0 N–H and O–H groups in total. The van der Waals surface area contributed by atoms with Crippen molar-refractivity contribution < 1.29 is 0 Å². The van der Waals surface area contributed by atoms with Gasteiger partial charge in [0.05, 0.1) is 0 Å². The van der Waals surface area contributed by atoms with Crippen LogP contribution in [0.25, 0.3) is 0 Å². The third-order valence-corrected chi connectivity index (χ3v) is 4.13. The zero-order chi connectivity index (χ0) is 14.0. The zero-order valence-corrected chi connectivity index (χ0v) is 12.7. The van der Waals surface area contributed by atoms with E-state index < -0.39 is 0 Å². The molecule has 102 valence electrons. The maximum atomic E-state index is 3.30. The van der Waals surface area contributed by atoms with Crippen molar-refractivity contribution in [3.05, 3.63) is 60.2 Å². The van der Waals surface area contributed by atoms with Gasteiger partial charge in [0.2, 0.25) is 0 Å². The van der Waals surface area contributed by atoms with Gasteiger partial charge in [-0.05, 0) is 30.2 Å². The fourth-order valence-electron chi connectivity index (χ4n) is 1.88. The largest absolute Gasteiger partial charge is 0.103 e. The Hall–Kier alpha value is -1.65. The summed E-state index contributed by atoms with van der Waals surface area (Å²) in [6.07, 6.45) is 4.28. The summed E-state index contributed by atoms with van der Waals surface area (Å²) in [5, 5.41) is 0. The summed E-state index contributed by atoms with van der Waals surface area (Å²) in [7, 11) is 0. The summed E-state index contributed by atoms with van der Waals surface area (Å²) in [6, 6.07) is 19.1. The van der Waals surface area contributed by atoms with E-state index in [0.29, 0.717) is 0 Å². The van der Waals surface area contributed by atoms with Gasteiger partial charge in [0.15, 0.2) is 0 Å². The van der Waals surface area contributed by atoms with Gasteiger partial charge >= 0.3 is 0 Å². The highest BCUT2D eigenvalue weighted by Gasteiger charge is 2.02. The monoisotopic (exact) mass is 280 g/mol. The summed E-state index contributed by atoms with van der Waals surface area (Å²) in [5.41, 5.74) is 1.32. The number of rotatable bonds is 5. The van der Waals surface area contributed by atoms with Crippen molar-refractivity contribution >= 4 is 11.8 Å². The standard InChI is InChI=1S/C19H20S/c1-2-3-4-5-7-12-17-13-10-11-16-19(17)20-18-14-8-6-9-15-18/h6,8-11,13-16H,2-4,12H2,1H3. The van der Waals surface area contributed by atoms with Gasteiger partial charge in [-0.3, -0.25) is 0 Å². The number of unbranched alkanes of at least 4 members (excludes halogenated alkanes) is 2. The van der Waals surface area contributed by atoms with Gasteiger partial charge in [-0.2, -0.15) is 0 Å². The number of hydrogen-bond donors (Lipinski definition) is 0. The second-order valence-corrected chi connectivity index (χ2v) is 5.77. The Labute approximate surface area is 126 Å². The normalized spacial score (nSPS) is 9.85. The van der Waals surface area contributed by atoms with Crippen LogP contribution in [0, 0.1) is 11.8 Å². The molecule has 2 aromatic carbocycles. The van der Waals surface area contributed by atoms with E-state index in [1.807, 2.05) is 11.8 Å². The van der Waals surface area contributed by atoms with E-state index in [0.717, 1.165) is 12.8 Å². The van der Waals surface area contributed by atoms with E-state index in [-0.39, 0.29) is 0 Å². The molecule has 0 aromatic heterocycles. The van der Waals surface area contributed by atoms with Gasteiger partial charge in [0.1, 0.15) is 0 Å². The van der Waals surface area contributed by atoms with Crippen molar-refractivity contribution in [2.24, 2.45) is 0 Å². The van der Waals surface area contributed by atoms with E-state index in [4.69, 9.17) is 0 Å². The average molecular weight is 280 g/mol. The van der Waals surface area contributed by atoms with Crippen molar-refractivity contribution in [2.75, 3.05) is 0 Å². The minimum atomic E-state index is 0.847. The average Bonchev–Trinajstić information content (AvgIpc) is 2.50. The highest BCUT2D eigenvalue weighted by Crippen LogP contribution is 2.30. The Kier molecular flexibility index (Phi) is 6.27. The van der Waals surface area contributed by atoms with Crippen LogP contribution in [0.5, 0.6) is 0 Å². The van der Waals surface area contributed by atoms with E-state index >= 15 is 0 Å². The van der Waals surface area contributed by atoms with Crippen LogP contribution in [0.4, 0.5) is 0 Å². The molecule has 0 nitrogen and oxygen atoms in total. The lowest BCUT2D eigenvalue weighted by atomic mass is 10.1. The van der Waals surface area contributed by atoms with Gasteiger partial charge in [0, 0.05) is 22.6 Å². The maximum Gasteiger partial charge on any atom is 0.0351 e. The van der Waals surface area contributed by atoms with E-state index in [9.17, 15) is 0 Å². The van der Waals surface area contributed by atoms with Crippen molar-refractivity contribution in [1.82, 2.24) is 0 Å². The van der Waals surface area contributed by atoms with Crippen LogP contribution in [0.15, 0.2) is 64.4 Å². The SMILES string of the molecule is CCCCC#CCc1ccccc1Sc1ccccc1. The van der Waals surface area contributed by atoms with Crippen LogP contribution in [-0.4, -0.2) is 0 Å². The molecular formula is C19H20S. The zero-order valence-electron chi connectivity index (χ0n) is 11.9. The molecule has 0 fully saturated rings. The molecule has 0 atom stereocenters.